The van der Waals surface area contributed by atoms with E-state index in [4.69, 9.17) is 18.6 Å². The average molecular weight is 382 g/mol. The molecule has 0 fully saturated rings. The van der Waals surface area contributed by atoms with Crippen molar-refractivity contribution in [3.63, 3.8) is 0 Å². The predicted molar refractivity (Wildman–Crippen MR) is 108 cm³/mol. The van der Waals surface area contributed by atoms with E-state index in [-0.39, 0.29) is 11.1 Å². The van der Waals surface area contributed by atoms with E-state index >= 15 is 0 Å². The Labute approximate surface area is 162 Å². The van der Waals surface area contributed by atoms with Crippen LogP contribution in [0.5, 0.6) is 23.0 Å². The van der Waals surface area contributed by atoms with Crippen LogP contribution in [0.15, 0.2) is 57.3 Å². The predicted octanol–water partition coefficient (Wildman–Crippen LogP) is 4.53. The number of hydrogen-bond acceptors (Lipinski definition) is 6. The minimum atomic E-state index is -0.512. The molecule has 0 radical (unpaired) electrons. The Hall–Kier alpha value is -3.41. The van der Waals surface area contributed by atoms with Gasteiger partial charge < -0.3 is 23.7 Å². The van der Waals surface area contributed by atoms with E-state index in [1.165, 1.54) is 14.2 Å². The molecular weight excluding hydrogens is 360 g/mol. The smallest absolute Gasteiger partial charge is 0.235 e. The first-order valence-corrected chi connectivity index (χ1v) is 8.73. The third-order valence-corrected chi connectivity index (χ3v) is 4.23. The van der Waals surface area contributed by atoms with E-state index < -0.39 is 11.2 Å². The Morgan fingerprint density at radius 2 is 1.82 bits per heavy atom. The highest BCUT2D eigenvalue weighted by Gasteiger charge is 2.17. The number of benzene rings is 2. The number of hydrogen-bond donors (Lipinski definition) is 1. The number of methoxy groups -OCH3 is 2. The summed E-state index contributed by atoms with van der Waals surface area (Å²) in [5, 5.41) is 10.7. The molecule has 0 atom stereocenters. The lowest BCUT2D eigenvalue weighted by Gasteiger charge is -2.11. The van der Waals surface area contributed by atoms with Crippen molar-refractivity contribution in [3.05, 3.63) is 58.3 Å². The van der Waals surface area contributed by atoms with Crippen molar-refractivity contribution in [1.29, 1.82) is 0 Å². The fourth-order valence-corrected chi connectivity index (χ4v) is 2.73. The Balaban J connectivity index is 2.09. The summed E-state index contributed by atoms with van der Waals surface area (Å²) in [6.45, 7) is 4.39. The van der Waals surface area contributed by atoms with Crippen LogP contribution >= 0.6 is 0 Å². The summed E-state index contributed by atoms with van der Waals surface area (Å²) in [6.07, 6.45) is 1.95. The molecule has 28 heavy (non-hydrogen) atoms. The van der Waals surface area contributed by atoms with Crippen molar-refractivity contribution in [1.82, 2.24) is 0 Å². The largest absolute Gasteiger partial charge is 0.502 e. The lowest BCUT2D eigenvalue weighted by atomic mass is 10.1. The highest BCUT2D eigenvalue weighted by molar-refractivity contribution is 5.83. The topological polar surface area (TPSA) is 78.1 Å². The molecule has 0 unspecified atom stereocenters. The second-order valence-corrected chi connectivity index (χ2v) is 6.43. The maximum atomic E-state index is 12.6. The van der Waals surface area contributed by atoms with Crippen LogP contribution in [0.2, 0.25) is 0 Å². The van der Waals surface area contributed by atoms with Gasteiger partial charge in [-0.25, -0.2) is 0 Å². The molecule has 0 bridgehead atoms. The van der Waals surface area contributed by atoms with Crippen LogP contribution < -0.4 is 19.6 Å². The number of allylic oxidation sites excluding steroid dienone is 1. The third-order valence-electron chi connectivity index (χ3n) is 4.23. The van der Waals surface area contributed by atoms with Crippen LogP contribution in [-0.4, -0.2) is 25.9 Å². The highest BCUT2D eigenvalue weighted by atomic mass is 16.5. The van der Waals surface area contributed by atoms with Gasteiger partial charge in [-0.1, -0.05) is 5.57 Å². The van der Waals surface area contributed by atoms with Gasteiger partial charge in [0, 0.05) is 11.6 Å². The Kier molecular flexibility index (Phi) is 5.59. The molecule has 146 valence electrons. The van der Waals surface area contributed by atoms with Crippen LogP contribution in [0.4, 0.5) is 0 Å². The first-order valence-electron chi connectivity index (χ1n) is 8.73. The Morgan fingerprint density at radius 1 is 1.07 bits per heavy atom. The molecule has 2 aromatic carbocycles. The summed E-state index contributed by atoms with van der Waals surface area (Å²) >= 11 is 0. The molecule has 1 heterocycles. The van der Waals surface area contributed by atoms with E-state index in [9.17, 15) is 9.90 Å². The van der Waals surface area contributed by atoms with Crippen molar-refractivity contribution in [2.45, 2.75) is 13.8 Å². The van der Waals surface area contributed by atoms with Crippen molar-refractivity contribution < 1.29 is 23.7 Å². The molecule has 0 saturated carbocycles. The maximum absolute atomic E-state index is 12.6. The minimum absolute atomic E-state index is 0.0555. The molecule has 0 aliphatic heterocycles. The summed E-state index contributed by atoms with van der Waals surface area (Å²) in [7, 11) is 3.04. The monoisotopic (exact) mass is 382 g/mol. The third kappa shape index (κ3) is 3.81. The fourth-order valence-electron chi connectivity index (χ4n) is 2.73. The van der Waals surface area contributed by atoms with Gasteiger partial charge in [-0.3, -0.25) is 4.79 Å². The van der Waals surface area contributed by atoms with Gasteiger partial charge in [0.2, 0.25) is 11.2 Å². The van der Waals surface area contributed by atoms with Crippen LogP contribution in [0.3, 0.4) is 0 Å². The van der Waals surface area contributed by atoms with Crippen LogP contribution in [0.25, 0.3) is 22.3 Å². The molecule has 1 N–H and O–H groups in total. The zero-order valence-electron chi connectivity index (χ0n) is 16.2. The SMILES string of the molecule is COc1ccc(-c2oc3cc(OCC=C(C)C)ccc3c(=O)c2O)cc1OC. The van der Waals surface area contributed by atoms with Gasteiger partial charge in [0.1, 0.15) is 17.9 Å². The number of ether oxygens (including phenoxy) is 3. The quantitative estimate of drug-likeness (QED) is 0.631. The molecule has 0 spiro atoms. The lowest BCUT2D eigenvalue weighted by Crippen LogP contribution is -2.03. The summed E-state index contributed by atoms with van der Waals surface area (Å²) in [4.78, 5) is 12.6. The number of fused-ring (bicyclic) bond motifs is 1. The summed E-state index contributed by atoms with van der Waals surface area (Å²) in [6, 6.07) is 9.89. The lowest BCUT2D eigenvalue weighted by molar-refractivity contribution is 0.355. The first-order chi connectivity index (χ1) is 13.4. The average Bonchev–Trinajstić information content (AvgIpc) is 2.69. The molecular formula is C22H22O6. The first kappa shape index (κ1) is 19.4. The second-order valence-electron chi connectivity index (χ2n) is 6.43. The van der Waals surface area contributed by atoms with Crippen molar-refractivity contribution >= 4 is 11.0 Å². The minimum Gasteiger partial charge on any atom is -0.502 e. The van der Waals surface area contributed by atoms with Gasteiger partial charge in [0.05, 0.1) is 19.6 Å². The zero-order valence-corrected chi connectivity index (χ0v) is 16.2. The van der Waals surface area contributed by atoms with E-state index in [1.54, 1.807) is 36.4 Å². The van der Waals surface area contributed by atoms with Crippen LogP contribution in [0.1, 0.15) is 13.8 Å². The number of aromatic hydroxyl groups is 1. The Morgan fingerprint density at radius 3 is 2.50 bits per heavy atom. The molecule has 1 aromatic heterocycles. The van der Waals surface area contributed by atoms with E-state index in [2.05, 4.69) is 0 Å². The van der Waals surface area contributed by atoms with Gasteiger partial charge in [-0.2, -0.15) is 0 Å². The molecule has 3 aromatic rings. The molecule has 3 rings (SSSR count). The number of rotatable bonds is 6. The van der Waals surface area contributed by atoms with Crippen molar-refractivity contribution in [2.75, 3.05) is 20.8 Å². The molecule has 0 amide bonds. The standard InChI is InChI=1S/C22H22O6/c1-13(2)9-10-27-15-6-7-16-18(12-15)28-22(21(24)20(16)23)14-5-8-17(25-3)19(11-14)26-4/h5-9,11-12,24H,10H2,1-4H3. The molecule has 6 heteroatoms. The summed E-state index contributed by atoms with van der Waals surface area (Å²) < 4.78 is 22.0. The van der Waals surface area contributed by atoms with Gasteiger partial charge in [0.25, 0.3) is 0 Å². The van der Waals surface area contributed by atoms with Crippen molar-refractivity contribution in [3.8, 4) is 34.3 Å². The Bertz CT molecular complexity index is 1090. The van der Waals surface area contributed by atoms with Crippen LogP contribution in [-0.2, 0) is 0 Å². The van der Waals surface area contributed by atoms with Crippen LogP contribution in [0, 0.1) is 0 Å². The second kappa shape index (κ2) is 8.08. The molecule has 6 nitrogen and oxygen atoms in total. The van der Waals surface area contributed by atoms with Crippen molar-refractivity contribution in [2.24, 2.45) is 0 Å². The fraction of sp³-hybridized carbons (Fsp3) is 0.227. The summed E-state index contributed by atoms with van der Waals surface area (Å²) in [5.41, 5.74) is 1.45. The van der Waals surface area contributed by atoms with Gasteiger partial charge in [-0.15, -0.1) is 0 Å². The molecule has 0 aliphatic rings. The van der Waals surface area contributed by atoms with Gasteiger partial charge in [0.15, 0.2) is 17.3 Å². The van der Waals surface area contributed by atoms with E-state index in [0.29, 0.717) is 35.0 Å². The van der Waals surface area contributed by atoms with E-state index in [1.807, 2.05) is 19.9 Å². The highest BCUT2D eigenvalue weighted by Crippen LogP contribution is 2.36. The molecule has 0 saturated heterocycles. The summed E-state index contributed by atoms with van der Waals surface area (Å²) in [5.74, 6) is 1.15. The van der Waals surface area contributed by atoms with E-state index in [0.717, 1.165) is 5.57 Å². The van der Waals surface area contributed by atoms with Gasteiger partial charge in [-0.05, 0) is 50.3 Å². The maximum Gasteiger partial charge on any atom is 0.235 e. The molecule has 0 aliphatic carbocycles. The van der Waals surface area contributed by atoms with Gasteiger partial charge >= 0.3 is 0 Å². The zero-order chi connectivity index (χ0) is 20.3. The normalized spacial score (nSPS) is 10.6.